The Morgan fingerprint density at radius 1 is 1.00 bits per heavy atom. The van der Waals surface area contributed by atoms with Gasteiger partial charge in [-0.2, -0.15) is 0 Å². The van der Waals surface area contributed by atoms with Crippen molar-refractivity contribution < 1.29 is 9.53 Å². The van der Waals surface area contributed by atoms with E-state index in [1.54, 1.807) is 0 Å². The number of hydrogen-bond donors (Lipinski definition) is 1. The second-order valence-corrected chi connectivity index (χ2v) is 8.54. The molecule has 1 N–H and O–H groups in total. The van der Waals surface area contributed by atoms with Crippen LogP contribution in [0.25, 0.3) is 21.8 Å². The van der Waals surface area contributed by atoms with Crippen molar-refractivity contribution in [2.45, 2.75) is 40.7 Å². The summed E-state index contributed by atoms with van der Waals surface area (Å²) in [7, 11) is 0. The summed E-state index contributed by atoms with van der Waals surface area (Å²) in [5, 5.41) is 4.92. The van der Waals surface area contributed by atoms with E-state index in [2.05, 4.69) is 56.4 Å². The summed E-state index contributed by atoms with van der Waals surface area (Å²) in [4.78, 5) is 19.3. The lowest BCUT2D eigenvalue weighted by atomic mass is 9.99. The number of hydrogen-bond acceptors (Lipinski definition) is 4. The van der Waals surface area contributed by atoms with Crippen molar-refractivity contribution in [2.24, 2.45) is 0 Å². The Kier molecular flexibility index (Phi) is 5.99. The van der Waals surface area contributed by atoms with Gasteiger partial charge >= 0.3 is 6.09 Å². The molecule has 4 rings (SSSR count). The zero-order chi connectivity index (χ0) is 22.8. The first-order chi connectivity index (χ1) is 15.3. The van der Waals surface area contributed by atoms with Crippen LogP contribution in [-0.4, -0.2) is 23.8 Å². The van der Waals surface area contributed by atoms with Crippen LogP contribution in [0.3, 0.4) is 0 Å². The Hall–Kier alpha value is -3.60. The van der Waals surface area contributed by atoms with Crippen LogP contribution in [0.4, 0.5) is 16.2 Å². The zero-order valence-electron chi connectivity index (χ0n) is 19.3. The molecule has 32 heavy (non-hydrogen) atoms. The lowest BCUT2D eigenvalue weighted by Crippen LogP contribution is -2.34. The number of alkyl carbamates (subject to hydrolysis) is 1. The Balaban J connectivity index is 1.90. The second-order valence-electron chi connectivity index (χ2n) is 8.54. The molecule has 5 heteroatoms. The number of fused-ring (bicyclic) bond motifs is 2. The number of benzene rings is 3. The van der Waals surface area contributed by atoms with Gasteiger partial charge in [-0.05, 0) is 82.1 Å². The molecule has 0 spiro atoms. The van der Waals surface area contributed by atoms with Gasteiger partial charge in [-0.25, -0.2) is 9.78 Å². The van der Waals surface area contributed by atoms with Gasteiger partial charge in [-0.15, -0.1) is 0 Å². The van der Waals surface area contributed by atoms with E-state index in [1.165, 1.54) is 5.56 Å². The minimum atomic E-state index is -0.435. The molecule has 5 nitrogen and oxygen atoms in total. The molecule has 0 aliphatic heterocycles. The van der Waals surface area contributed by atoms with Crippen molar-refractivity contribution in [3.63, 3.8) is 0 Å². The normalized spacial score (nSPS) is 11.2. The van der Waals surface area contributed by atoms with Gasteiger partial charge < -0.3 is 15.0 Å². The topological polar surface area (TPSA) is 54.5 Å². The number of pyridine rings is 1. The standard InChI is InChI=1S/C27H29N3O2/c1-17(2)28-27(31)32-16-30(22-9-7-6-8-10-22)26-20(5)19(4)14-25-23(26)15-21-13-18(3)11-12-24(21)29-25/h6-15,17H,16H2,1-5H3,(H,28,31). The molecular weight excluding hydrogens is 398 g/mol. The maximum Gasteiger partial charge on any atom is 0.409 e. The summed E-state index contributed by atoms with van der Waals surface area (Å²) in [6, 6.07) is 20.6. The molecule has 3 aromatic carbocycles. The molecule has 0 saturated heterocycles. The number of anilines is 2. The van der Waals surface area contributed by atoms with E-state index in [0.29, 0.717) is 0 Å². The Morgan fingerprint density at radius 2 is 1.75 bits per heavy atom. The summed E-state index contributed by atoms with van der Waals surface area (Å²) in [5.41, 5.74) is 7.30. The van der Waals surface area contributed by atoms with Crippen LogP contribution in [0.1, 0.15) is 30.5 Å². The summed E-state index contributed by atoms with van der Waals surface area (Å²) >= 11 is 0. The van der Waals surface area contributed by atoms with Crippen LogP contribution in [0.2, 0.25) is 0 Å². The highest BCUT2D eigenvalue weighted by Crippen LogP contribution is 2.38. The lowest BCUT2D eigenvalue weighted by molar-refractivity contribution is 0.146. The van der Waals surface area contributed by atoms with Crippen LogP contribution in [-0.2, 0) is 4.74 Å². The number of amides is 1. The Labute approximate surface area is 189 Å². The highest BCUT2D eigenvalue weighted by atomic mass is 16.6. The molecule has 164 valence electrons. The van der Waals surface area contributed by atoms with E-state index >= 15 is 0 Å². The van der Waals surface area contributed by atoms with Gasteiger partial charge in [0.15, 0.2) is 6.73 Å². The van der Waals surface area contributed by atoms with Gasteiger partial charge in [0, 0.05) is 22.5 Å². The van der Waals surface area contributed by atoms with E-state index in [0.717, 1.165) is 44.3 Å². The van der Waals surface area contributed by atoms with Crippen molar-refractivity contribution in [3.05, 3.63) is 77.4 Å². The maximum absolute atomic E-state index is 12.3. The monoisotopic (exact) mass is 427 g/mol. The van der Waals surface area contributed by atoms with Gasteiger partial charge in [0.1, 0.15) is 0 Å². The number of aromatic nitrogens is 1. The van der Waals surface area contributed by atoms with Crippen molar-refractivity contribution >= 4 is 39.3 Å². The minimum Gasteiger partial charge on any atom is -0.428 e. The van der Waals surface area contributed by atoms with Crippen LogP contribution in [0, 0.1) is 20.8 Å². The molecule has 1 aromatic heterocycles. The molecule has 0 saturated carbocycles. The van der Waals surface area contributed by atoms with E-state index in [9.17, 15) is 4.79 Å². The largest absolute Gasteiger partial charge is 0.428 e. The smallest absolute Gasteiger partial charge is 0.409 e. The molecule has 0 aliphatic rings. The van der Waals surface area contributed by atoms with Gasteiger partial charge in [0.25, 0.3) is 0 Å². The number of nitrogens with zero attached hydrogens (tertiary/aromatic N) is 2. The van der Waals surface area contributed by atoms with Crippen molar-refractivity contribution in [1.82, 2.24) is 10.3 Å². The van der Waals surface area contributed by atoms with E-state index in [1.807, 2.05) is 49.1 Å². The van der Waals surface area contributed by atoms with Crippen LogP contribution in [0.5, 0.6) is 0 Å². The maximum atomic E-state index is 12.3. The fraction of sp³-hybridized carbons (Fsp3) is 0.259. The Morgan fingerprint density at radius 3 is 2.47 bits per heavy atom. The number of para-hydroxylation sites is 1. The van der Waals surface area contributed by atoms with Crippen LogP contribution >= 0.6 is 0 Å². The predicted octanol–water partition coefficient (Wildman–Crippen LogP) is 6.54. The first-order valence-corrected chi connectivity index (χ1v) is 10.9. The molecule has 0 unspecified atom stereocenters. The average molecular weight is 428 g/mol. The zero-order valence-corrected chi connectivity index (χ0v) is 19.3. The number of rotatable bonds is 5. The van der Waals surface area contributed by atoms with E-state index in [-0.39, 0.29) is 12.8 Å². The number of aryl methyl sites for hydroxylation is 2. The van der Waals surface area contributed by atoms with Gasteiger partial charge in [0.2, 0.25) is 0 Å². The molecule has 1 heterocycles. The molecule has 0 aliphatic carbocycles. The number of carbonyl (C=O) groups excluding carboxylic acids is 1. The molecule has 1 amide bonds. The summed E-state index contributed by atoms with van der Waals surface area (Å²) in [6.07, 6.45) is -0.435. The molecule has 0 bridgehead atoms. The molecule has 4 aromatic rings. The quantitative estimate of drug-likeness (QED) is 0.290. The van der Waals surface area contributed by atoms with Gasteiger partial charge in [0.05, 0.1) is 16.7 Å². The number of nitrogens with one attached hydrogen (secondary N) is 1. The summed E-state index contributed by atoms with van der Waals surface area (Å²) in [5.74, 6) is 0. The van der Waals surface area contributed by atoms with E-state index in [4.69, 9.17) is 9.72 Å². The van der Waals surface area contributed by atoms with Gasteiger partial charge in [-0.3, -0.25) is 0 Å². The first kappa shape index (κ1) is 21.6. The first-order valence-electron chi connectivity index (χ1n) is 10.9. The number of carbonyl (C=O) groups is 1. The fourth-order valence-corrected chi connectivity index (χ4v) is 3.94. The highest BCUT2D eigenvalue weighted by Gasteiger charge is 2.20. The third kappa shape index (κ3) is 4.37. The van der Waals surface area contributed by atoms with Crippen molar-refractivity contribution in [2.75, 3.05) is 11.6 Å². The van der Waals surface area contributed by atoms with Gasteiger partial charge in [-0.1, -0.05) is 29.8 Å². The molecule has 0 radical (unpaired) electrons. The minimum absolute atomic E-state index is 0.00742. The molecular formula is C27H29N3O2. The highest BCUT2D eigenvalue weighted by molar-refractivity contribution is 6.02. The van der Waals surface area contributed by atoms with Crippen molar-refractivity contribution in [3.8, 4) is 0 Å². The Bertz CT molecular complexity index is 1280. The average Bonchev–Trinajstić information content (AvgIpc) is 2.75. The van der Waals surface area contributed by atoms with Crippen LogP contribution < -0.4 is 10.2 Å². The van der Waals surface area contributed by atoms with E-state index < -0.39 is 6.09 Å². The number of ether oxygens (including phenoxy) is 1. The third-order valence-corrected chi connectivity index (χ3v) is 5.62. The molecule has 0 atom stereocenters. The predicted molar refractivity (Wildman–Crippen MR) is 132 cm³/mol. The van der Waals surface area contributed by atoms with Crippen LogP contribution in [0.15, 0.2) is 60.7 Å². The summed E-state index contributed by atoms with van der Waals surface area (Å²) < 4.78 is 5.63. The molecule has 0 fully saturated rings. The third-order valence-electron chi connectivity index (χ3n) is 5.62. The SMILES string of the molecule is Cc1ccc2nc3cc(C)c(C)c(N(COC(=O)NC(C)C)c4ccccc4)c3cc2c1. The van der Waals surface area contributed by atoms with Crippen molar-refractivity contribution in [1.29, 1.82) is 0 Å². The lowest BCUT2D eigenvalue weighted by Gasteiger charge is -2.28. The second kappa shape index (κ2) is 8.87. The summed E-state index contributed by atoms with van der Waals surface area (Å²) in [6.45, 7) is 10.2. The fourth-order valence-electron chi connectivity index (χ4n) is 3.94.